The Hall–Kier alpha value is -2.92. The number of benzene rings is 2. The van der Waals surface area contributed by atoms with Gasteiger partial charge in [0.05, 0.1) is 6.61 Å². The highest BCUT2D eigenvalue weighted by Crippen LogP contribution is 2.24. The molecule has 0 aliphatic carbocycles. The van der Waals surface area contributed by atoms with Crippen LogP contribution in [0.2, 0.25) is 0 Å². The highest BCUT2D eigenvalue weighted by atomic mass is 16.6. The molecule has 0 amide bonds. The van der Waals surface area contributed by atoms with E-state index < -0.39 is 0 Å². The topological polar surface area (TPSA) is 44.3 Å². The van der Waals surface area contributed by atoms with Gasteiger partial charge in [-0.1, -0.05) is 35.4 Å². The van der Waals surface area contributed by atoms with Crippen molar-refractivity contribution in [3.63, 3.8) is 0 Å². The van der Waals surface area contributed by atoms with E-state index in [1.165, 1.54) is 11.1 Å². The van der Waals surface area contributed by atoms with Crippen LogP contribution in [0.5, 0.6) is 0 Å². The van der Waals surface area contributed by atoms with E-state index in [-0.39, 0.29) is 12.6 Å². The molecular formula is C25H31N2O3+. The summed E-state index contributed by atoms with van der Waals surface area (Å²) in [5, 5.41) is 0. The number of imidazole rings is 1. The molecule has 0 radical (unpaired) electrons. The lowest BCUT2D eigenvalue weighted by Gasteiger charge is -2.10. The molecule has 3 aromatic rings. The summed E-state index contributed by atoms with van der Waals surface area (Å²) in [4.78, 5) is 13.0. The molecule has 0 aliphatic rings. The van der Waals surface area contributed by atoms with Crippen LogP contribution < -0.4 is 4.57 Å². The Bertz CT molecular complexity index is 1050. The van der Waals surface area contributed by atoms with Crippen LogP contribution in [0.15, 0.2) is 36.8 Å². The third-order valence-electron chi connectivity index (χ3n) is 5.26. The summed E-state index contributed by atoms with van der Waals surface area (Å²) in [6, 6.07) is 8.58. The first-order valence-corrected chi connectivity index (χ1v) is 10.2. The fourth-order valence-corrected chi connectivity index (χ4v) is 4.29. The van der Waals surface area contributed by atoms with Gasteiger partial charge >= 0.3 is 5.97 Å². The molecule has 0 bridgehead atoms. The lowest BCUT2D eigenvalue weighted by Crippen LogP contribution is -2.30. The molecule has 0 spiro atoms. The fourth-order valence-electron chi connectivity index (χ4n) is 4.29. The average Bonchev–Trinajstić information content (AvgIpc) is 3.04. The lowest BCUT2D eigenvalue weighted by molar-refractivity contribution is -0.595. The number of methoxy groups -OCH3 is 1. The first kappa shape index (κ1) is 21.8. The minimum Gasteiger partial charge on any atom is -0.457 e. The zero-order valence-corrected chi connectivity index (χ0v) is 19.0. The summed E-state index contributed by atoms with van der Waals surface area (Å²) >= 11 is 0. The number of carbonyl (C=O) groups is 1. The van der Waals surface area contributed by atoms with Crippen LogP contribution in [-0.4, -0.2) is 30.9 Å². The predicted molar refractivity (Wildman–Crippen MR) is 118 cm³/mol. The maximum atomic E-state index is 13.0. The third-order valence-corrected chi connectivity index (χ3v) is 5.26. The second-order valence-corrected chi connectivity index (χ2v) is 8.03. The maximum Gasteiger partial charge on any atom is 0.382 e. The van der Waals surface area contributed by atoms with Crippen molar-refractivity contribution in [3.8, 4) is 11.4 Å². The van der Waals surface area contributed by atoms with Gasteiger partial charge in [-0.2, -0.15) is 4.57 Å². The van der Waals surface area contributed by atoms with Gasteiger partial charge in [0.2, 0.25) is 0 Å². The van der Waals surface area contributed by atoms with Crippen molar-refractivity contribution in [2.75, 3.05) is 20.3 Å². The molecule has 0 saturated heterocycles. The fraction of sp³-hybridized carbons (Fsp3) is 0.360. The third kappa shape index (κ3) is 4.31. The number of hydrogen-bond donors (Lipinski definition) is 0. The Labute approximate surface area is 178 Å². The van der Waals surface area contributed by atoms with Crippen molar-refractivity contribution in [3.05, 3.63) is 75.9 Å². The summed E-state index contributed by atoms with van der Waals surface area (Å²) in [7, 11) is 1.59. The predicted octanol–water partition coefficient (Wildman–Crippen LogP) is 4.41. The Morgan fingerprint density at radius 1 is 0.867 bits per heavy atom. The Morgan fingerprint density at radius 3 is 1.93 bits per heavy atom. The Morgan fingerprint density at radius 2 is 1.40 bits per heavy atom. The van der Waals surface area contributed by atoms with Gasteiger partial charge in [0, 0.05) is 7.11 Å². The number of carbonyl (C=O) groups excluding carboxylic acids is 1. The molecular weight excluding hydrogens is 376 g/mol. The quantitative estimate of drug-likeness (QED) is 0.345. The molecule has 5 heteroatoms. The Kier molecular flexibility index (Phi) is 6.42. The number of hydrogen-bond acceptors (Lipinski definition) is 3. The molecule has 0 N–H and O–H groups in total. The van der Waals surface area contributed by atoms with E-state index in [2.05, 4.69) is 65.8 Å². The second-order valence-electron chi connectivity index (χ2n) is 8.03. The number of ether oxygens (including phenoxy) is 2. The van der Waals surface area contributed by atoms with Gasteiger partial charge in [-0.3, -0.25) is 0 Å². The summed E-state index contributed by atoms with van der Waals surface area (Å²) in [6.07, 6.45) is 3.83. The number of nitrogens with zero attached hydrogens (tertiary/aromatic N) is 2. The Balaban J connectivity index is 2.20. The summed E-state index contributed by atoms with van der Waals surface area (Å²) in [5.41, 5.74) is 9.52. The van der Waals surface area contributed by atoms with Crippen molar-refractivity contribution in [1.82, 2.24) is 4.57 Å². The minimum absolute atomic E-state index is 0.217. The van der Waals surface area contributed by atoms with E-state index in [0.717, 1.165) is 33.6 Å². The molecule has 0 aliphatic heterocycles. The van der Waals surface area contributed by atoms with Gasteiger partial charge in [-0.25, -0.2) is 9.36 Å². The van der Waals surface area contributed by atoms with Crippen molar-refractivity contribution in [1.29, 1.82) is 0 Å². The molecule has 2 aromatic carbocycles. The summed E-state index contributed by atoms with van der Waals surface area (Å²) < 4.78 is 14.5. The number of aryl methyl sites for hydroxylation is 6. The maximum absolute atomic E-state index is 13.0. The molecule has 30 heavy (non-hydrogen) atoms. The lowest BCUT2D eigenvalue weighted by atomic mass is 10.0. The SMILES string of the molecule is COCCOC(=O)c1c[n+](-c2c(C)cc(C)cc2C)cn1-c1c(C)cc(C)cc1C. The number of rotatable bonds is 6. The van der Waals surface area contributed by atoms with Crippen molar-refractivity contribution >= 4 is 5.97 Å². The molecule has 5 nitrogen and oxygen atoms in total. The largest absolute Gasteiger partial charge is 0.457 e. The molecule has 0 atom stereocenters. The summed E-state index contributed by atoms with van der Waals surface area (Å²) in [6.45, 7) is 13.1. The van der Waals surface area contributed by atoms with Crippen molar-refractivity contribution in [2.45, 2.75) is 41.5 Å². The van der Waals surface area contributed by atoms with Gasteiger partial charge in [0.15, 0.2) is 6.20 Å². The van der Waals surface area contributed by atoms with Crippen LogP contribution in [0.25, 0.3) is 11.4 Å². The van der Waals surface area contributed by atoms with E-state index in [9.17, 15) is 4.79 Å². The molecule has 0 saturated carbocycles. The normalized spacial score (nSPS) is 11.0. The number of esters is 1. The molecule has 1 heterocycles. The number of aromatic nitrogens is 2. The minimum atomic E-state index is -0.368. The molecule has 0 fully saturated rings. The molecule has 158 valence electrons. The summed E-state index contributed by atoms with van der Waals surface area (Å²) in [5.74, 6) is -0.368. The molecule has 1 aromatic heterocycles. The van der Waals surface area contributed by atoms with E-state index in [1.807, 2.05) is 21.7 Å². The smallest absolute Gasteiger partial charge is 0.382 e. The van der Waals surface area contributed by atoms with Gasteiger partial charge in [0.25, 0.3) is 12.0 Å². The van der Waals surface area contributed by atoms with E-state index in [0.29, 0.717) is 12.3 Å². The van der Waals surface area contributed by atoms with Crippen LogP contribution in [0.3, 0.4) is 0 Å². The molecule has 3 rings (SSSR count). The van der Waals surface area contributed by atoms with Crippen molar-refractivity contribution < 1.29 is 18.8 Å². The van der Waals surface area contributed by atoms with E-state index in [1.54, 1.807) is 7.11 Å². The van der Waals surface area contributed by atoms with E-state index >= 15 is 0 Å². The zero-order chi connectivity index (χ0) is 22.0. The van der Waals surface area contributed by atoms with Gasteiger partial charge in [0.1, 0.15) is 18.0 Å². The van der Waals surface area contributed by atoms with Crippen LogP contribution in [0.1, 0.15) is 43.9 Å². The van der Waals surface area contributed by atoms with Crippen LogP contribution in [0, 0.1) is 41.5 Å². The highest BCUT2D eigenvalue weighted by molar-refractivity contribution is 5.88. The van der Waals surface area contributed by atoms with E-state index in [4.69, 9.17) is 9.47 Å². The van der Waals surface area contributed by atoms with Crippen LogP contribution >= 0.6 is 0 Å². The second kappa shape index (κ2) is 8.84. The van der Waals surface area contributed by atoms with Gasteiger partial charge in [-0.15, -0.1) is 0 Å². The first-order valence-electron chi connectivity index (χ1n) is 10.2. The first-order chi connectivity index (χ1) is 14.2. The zero-order valence-electron chi connectivity index (χ0n) is 19.0. The van der Waals surface area contributed by atoms with Gasteiger partial charge < -0.3 is 9.47 Å². The van der Waals surface area contributed by atoms with Crippen LogP contribution in [0.4, 0.5) is 0 Å². The molecule has 0 unspecified atom stereocenters. The van der Waals surface area contributed by atoms with Crippen molar-refractivity contribution in [2.24, 2.45) is 0 Å². The highest BCUT2D eigenvalue weighted by Gasteiger charge is 2.28. The van der Waals surface area contributed by atoms with Gasteiger partial charge in [-0.05, 0) is 63.8 Å². The standard InChI is InChI=1S/C25H31N2O3/c1-16-10-18(3)23(19(4)11-16)26-14-22(25(28)30-9-8-29-7)27(15-26)24-20(5)12-17(2)13-21(24)6/h10-15H,8-9H2,1-7H3/q+1. The average molecular weight is 408 g/mol. The van der Waals surface area contributed by atoms with Crippen LogP contribution in [-0.2, 0) is 9.47 Å². The monoisotopic (exact) mass is 407 g/mol.